The number of para-hydroxylation sites is 3. The van der Waals surface area contributed by atoms with Crippen LogP contribution in [-0.4, -0.2) is 6.26 Å². The molecule has 0 amide bonds. The zero-order chi connectivity index (χ0) is 29.7. The molecule has 0 bridgehead atoms. The molecule has 44 heavy (non-hydrogen) atoms. The summed E-state index contributed by atoms with van der Waals surface area (Å²) in [4.78, 5) is 3.83. The highest BCUT2D eigenvalue weighted by Gasteiger charge is 2.49. The van der Waals surface area contributed by atoms with E-state index >= 15 is 0 Å². The van der Waals surface area contributed by atoms with Gasteiger partial charge in [-0.05, 0) is 71.1 Å². The van der Waals surface area contributed by atoms with Crippen molar-refractivity contribution in [2.75, 3.05) is 11.2 Å². The minimum atomic E-state index is -0.500. The number of rotatable bonds is 6. The summed E-state index contributed by atoms with van der Waals surface area (Å²) >= 11 is 3.18. The first kappa shape index (κ1) is 27.3. The van der Waals surface area contributed by atoms with Gasteiger partial charge in [0.05, 0.1) is 16.8 Å². The molecule has 3 heteroatoms. The molecular formula is C41H34NS2+. The third-order valence-electron chi connectivity index (χ3n) is 9.22. The second kappa shape index (κ2) is 11.0. The first-order valence-electron chi connectivity index (χ1n) is 15.4. The number of hydrogen-bond donors (Lipinski definition) is 0. The summed E-state index contributed by atoms with van der Waals surface area (Å²) in [6.07, 6.45) is 4.37. The van der Waals surface area contributed by atoms with Gasteiger partial charge < -0.3 is 4.90 Å². The third kappa shape index (κ3) is 3.93. The van der Waals surface area contributed by atoms with Gasteiger partial charge >= 0.3 is 0 Å². The molecule has 214 valence electrons. The Bertz CT molecular complexity index is 2090. The largest absolute Gasteiger partial charge is 0.310 e. The molecule has 0 saturated heterocycles. The summed E-state index contributed by atoms with van der Waals surface area (Å²) in [7, 11) is 0. The fraction of sp³-hybridized carbons (Fsp3) is 0.122. The van der Waals surface area contributed by atoms with Crippen molar-refractivity contribution >= 4 is 60.3 Å². The third-order valence-corrected chi connectivity index (χ3v) is 11.2. The van der Waals surface area contributed by atoms with Crippen LogP contribution in [0.3, 0.4) is 0 Å². The number of hydrogen-bond acceptors (Lipinski definition) is 2. The number of thiol groups is 1. The zero-order valence-electron chi connectivity index (χ0n) is 25.0. The number of fused-ring (bicyclic) bond motifs is 5. The Balaban J connectivity index is 1.59. The van der Waals surface area contributed by atoms with Crippen molar-refractivity contribution in [1.29, 1.82) is 0 Å². The quantitative estimate of drug-likeness (QED) is 0.135. The first-order valence-corrected chi connectivity index (χ1v) is 17.6. The van der Waals surface area contributed by atoms with Crippen molar-refractivity contribution in [2.24, 2.45) is 0 Å². The number of nitrogens with zero attached hydrogens (tertiary/aromatic N) is 1. The molecule has 1 nitrogen and oxygen atoms in total. The molecule has 0 atom stereocenters. The van der Waals surface area contributed by atoms with E-state index in [1.54, 1.807) is 0 Å². The summed E-state index contributed by atoms with van der Waals surface area (Å²) in [5.74, 6) is 0. The summed E-state index contributed by atoms with van der Waals surface area (Å²) < 4.78 is 2.73. The highest BCUT2D eigenvalue weighted by Crippen LogP contribution is 2.59. The maximum Gasteiger partial charge on any atom is 0.157 e. The van der Waals surface area contributed by atoms with E-state index in [4.69, 9.17) is 0 Å². The Hall–Kier alpha value is -4.31. The number of thiophene rings is 1. The smallest absolute Gasteiger partial charge is 0.157 e. The molecule has 1 aliphatic heterocycles. The van der Waals surface area contributed by atoms with Gasteiger partial charge in [-0.15, -0.1) is 11.3 Å². The van der Waals surface area contributed by atoms with Crippen molar-refractivity contribution in [3.8, 4) is 0 Å². The fourth-order valence-corrected chi connectivity index (χ4v) is 9.41. The molecule has 0 radical (unpaired) electrons. The number of benzene rings is 6. The molecule has 2 heterocycles. The van der Waals surface area contributed by atoms with E-state index in [-0.39, 0.29) is 0 Å². The molecule has 0 unspecified atom stereocenters. The van der Waals surface area contributed by atoms with Crippen LogP contribution in [0.25, 0.3) is 20.2 Å². The summed E-state index contributed by atoms with van der Waals surface area (Å²) in [6.45, 7) is 2.32. The van der Waals surface area contributed by atoms with E-state index < -0.39 is 5.41 Å². The average molecular weight is 605 g/mol. The molecule has 0 fully saturated rings. The Labute approximate surface area is 267 Å². The Morgan fingerprint density at radius 1 is 0.591 bits per heavy atom. The van der Waals surface area contributed by atoms with Gasteiger partial charge in [0.1, 0.15) is 6.26 Å². The van der Waals surface area contributed by atoms with E-state index in [1.807, 2.05) is 11.3 Å². The maximum atomic E-state index is 2.47. The second-order valence-corrected chi connectivity index (χ2v) is 13.5. The number of anilines is 3. The van der Waals surface area contributed by atoms with Gasteiger partial charge in [0.2, 0.25) is 0 Å². The molecule has 1 aliphatic rings. The molecule has 8 rings (SSSR count). The number of aryl methyl sites for hydroxylation is 1. The molecule has 0 saturated carbocycles. The van der Waals surface area contributed by atoms with Crippen molar-refractivity contribution in [3.05, 3.63) is 167 Å². The molecule has 7 aromatic rings. The highest BCUT2D eigenvalue weighted by atomic mass is 32.2. The maximum absolute atomic E-state index is 2.47. The molecule has 0 N–H and O–H groups in total. The van der Waals surface area contributed by atoms with E-state index in [1.165, 1.54) is 81.7 Å². The van der Waals surface area contributed by atoms with Crippen LogP contribution in [0.1, 0.15) is 41.2 Å². The first-order chi connectivity index (χ1) is 21.8. The Kier molecular flexibility index (Phi) is 6.81. The lowest BCUT2D eigenvalue weighted by molar-refractivity contribution is 0.702. The van der Waals surface area contributed by atoms with Gasteiger partial charge in [0, 0.05) is 43.2 Å². The van der Waals surface area contributed by atoms with Crippen LogP contribution in [-0.2, 0) is 23.6 Å². The van der Waals surface area contributed by atoms with Crippen LogP contribution in [0.5, 0.6) is 0 Å². The van der Waals surface area contributed by atoms with Gasteiger partial charge in [-0.2, -0.15) is 0 Å². The van der Waals surface area contributed by atoms with Crippen LogP contribution in [0.2, 0.25) is 0 Å². The zero-order valence-corrected chi connectivity index (χ0v) is 26.7. The monoisotopic (exact) mass is 604 g/mol. The highest BCUT2D eigenvalue weighted by molar-refractivity contribution is 7.77. The minimum absolute atomic E-state index is 0.500. The van der Waals surface area contributed by atoms with Crippen LogP contribution < -0.4 is 4.90 Å². The van der Waals surface area contributed by atoms with Gasteiger partial charge in [-0.3, -0.25) is 0 Å². The van der Waals surface area contributed by atoms with Gasteiger partial charge in [0.15, 0.2) is 4.90 Å². The van der Waals surface area contributed by atoms with Crippen molar-refractivity contribution in [2.45, 2.75) is 30.1 Å². The Morgan fingerprint density at radius 3 is 1.91 bits per heavy atom. The van der Waals surface area contributed by atoms with Gasteiger partial charge in [-0.1, -0.05) is 110 Å². The molecular weight excluding hydrogens is 571 g/mol. The molecule has 0 spiro atoms. The molecule has 1 aromatic heterocycles. The van der Waals surface area contributed by atoms with E-state index in [0.717, 1.165) is 12.8 Å². The van der Waals surface area contributed by atoms with Crippen LogP contribution in [0, 0.1) is 0 Å². The summed E-state index contributed by atoms with van der Waals surface area (Å²) in [5.41, 5.74) is 10.0. The lowest BCUT2D eigenvalue weighted by Gasteiger charge is -2.47. The van der Waals surface area contributed by atoms with Gasteiger partial charge in [-0.25, -0.2) is 0 Å². The van der Waals surface area contributed by atoms with E-state index in [9.17, 15) is 0 Å². The summed E-state index contributed by atoms with van der Waals surface area (Å²) in [6, 6.07) is 52.1. The van der Waals surface area contributed by atoms with Crippen molar-refractivity contribution in [1.82, 2.24) is 0 Å². The topological polar surface area (TPSA) is 3.24 Å². The minimum Gasteiger partial charge on any atom is -0.310 e. The lowest BCUT2D eigenvalue weighted by atomic mass is 9.61. The SMILES string of the molecule is CCCc1c(C2(c3ccccc3[SH+]C)c3ccccc3N(c3ccccc3)c3ccccc32)ccc2sc3ccccc3c12. The molecule has 6 aromatic carbocycles. The van der Waals surface area contributed by atoms with Crippen LogP contribution in [0.4, 0.5) is 17.1 Å². The summed E-state index contributed by atoms with van der Waals surface area (Å²) in [5, 5.41) is 2.80. The Morgan fingerprint density at radius 2 is 1.20 bits per heavy atom. The van der Waals surface area contributed by atoms with Crippen LogP contribution in [0.15, 0.2) is 144 Å². The predicted octanol–water partition coefficient (Wildman–Crippen LogP) is 11.0. The average Bonchev–Trinajstić information content (AvgIpc) is 3.47. The van der Waals surface area contributed by atoms with E-state index in [0.29, 0.717) is 0 Å². The second-order valence-electron chi connectivity index (χ2n) is 11.5. The van der Waals surface area contributed by atoms with Gasteiger partial charge in [0.25, 0.3) is 0 Å². The van der Waals surface area contributed by atoms with Crippen molar-refractivity contribution < 1.29 is 0 Å². The normalized spacial score (nSPS) is 13.6. The lowest BCUT2D eigenvalue weighted by Crippen LogP contribution is -2.39. The fourth-order valence-electron chi connectivity index (χ4n) is 7.56. The molecule has 0 aliphatic carbocycles. The predicted molar refractivity (Wildman–Crippen MR) is 193 cm³/mol. The van der Waals surface area contributed by atoms with Crippen LogP contribution >= 0.6 is 11.3 Å². The standard InChI is InChI=1S/C41H33NS2/c1-3-15-29-31(26-27-39-40(29)30-18-7-13-24-37(30)44-39)41(34-21-10-14-25-38(34)43-2)32-19-8-11-22-35(32)42(28-16-5-4-6-17-28)36-23-12-9-20-33(36)41/h4-14,16-27H,3,15H2,1-2H3/p+1. The van der Waals surface area contributed by atoms with Crippen molar-refractivity contribution in [3.63, 3.8) is 0 Å². The van der Waals surface area contributed by atoms with E-state index in [2.05, 4.69) is 158 Å².